The van der Waals surface area contributed by atoms with E-state index in [0.717, 1.165) is 61.2 Å². The minimum atomic E-state index is -0.520. The molecule has 2 amide bonds. The number of H-pyrrole nitrogens is 1. The molecule has 0 saturated carbocycles. The van der Waals surface area contributed by atoms with E-state index in [2.05, 4.69) is 27.1 Å². The van der Waals surface area contributed by atoms with E-state index in [0.29, 0.717) is 25.3 Å². The SMILES string of the molecule is COCCN1C(=O)c2ccccc2C(C(=O)NCCCN2CCN(C)CC2)C1c1c[nH]c2ccccc12. The highest BCUT2D eigenvalue weighted by atomic mass is 16.5. The monoisotopic (exact) mass is 503 g/mol. The summed E-state index contributed by atoms with van der Waals surface area (Å²) in [6, 6.07) is 15.1. The number of nitrogens with zero attached hydrogens (tertiary/aromatic N) is 3. The molecule has 8 heteroatoms. The minimum Gasteiger partial charge on any atom is -0.383 e. The molecular weight excluding hydrogens is 466 g/mol. The summed E-state index contributed by atoms with van der Waals surface area (Å²) in [7, 11) is 3.79. The van der Waals surface area contributed by atoms with Gasteiger partial charge in [0.2, 0.25) is 5.91 Å². The molecule has 0 aliphatic carbocycles. The van der Waals surface area contributed by atoms with Gasteiger partial charge in [0.15, 0.2) is 0 Å². The number of carbonyl (C=O) groups is 2. The Balaban J connectivity index is 1.43. The normalized spacial score (nSPS) is 20.8. The molecule has 2 unspecified atom stereocenters. The number of ether oxygens (including phenoxy) is 1. The number of fused-ring (bicyclic) bond motifs is 2. The van der Waals surface area contributed by atoms with E-state index in [4.69, 9.17) is 4.74 Å². The van der Waals surface area contributed by atoms with Crippen molar-refractivity contribution in [2.24, 2.45) is 0 Å². The van der Waals surface area contributed by atoms with Crippen LogP contribution >= 0.6 is 0 Å². The lowest BCUT2D eigenvalue weighted by Gasteiger charge is -2.41. The number of nitrogens with one attached hydrogen (secondary N) is 2. The Hall–Kier alpha value is -3.20. The van der Waals surface area contributed by atoms with Gasteiger partial charge >= 0.3 is 0 Å². The molecule has 0 radical (unpaired) electrons. The standard InChI is InChI=1S/C29H37N5O3/c1-32-14-16-33(17-15-32)13-7-12-30-28(35)26-22-9-3-4-10-23(22)29(36)34(18-19-37-2)27(26)24-20-31-25-11-6-5-8-21(24)25/h3-6,8-11,20,26-27,31H,7,12-19H2,1-2H3,(H,30,35). The number of aromatic nitrogens is 1. The van der Waals surface area contributed by atoms with Crippen molar-refractivity contribution < 1.29 is 14.3 Å². The largest absolute Gasteiger partial charge is 0.383 e. The Bertz CT molecular complexity index is 1230. The molecule has 3 heterocycles. The Labute approximate surface area is 218 Å². The van der Waals surface area contributed by atoms with Gasteiger partial charge in [0, 0.05) is 74.6 Å². The zero-order chi connectivity index (χ0) is 25.8. The molecule has 2 aliphatic heterocycles. The second kappa shape index (κ2) is 11.5. The van der Waals surface area contributed by atoms with Crippen LogP contribution in [-0.2, 0) is 9.53 Å². The number of carbonyl (C=O) groups excluding carboxylic acids is 2. The van der Waals surface area contributed by atoms with Crippen LogP contribution in [0.5, 0.6) is 0 Å². The quantitative estimate of drug-likeness (QED) is 0.439. The van der Waals surface area contributed by atoms with Crippen LogP contribution < -0.4 is 5.32 Å². The van der Waals surface area contributed by atoms with E-state index < -0.39 is 12.0 Å². The maximum atomic E-state index is 13.9. The Morgan fingerprint density at radius 3 is 2.59 bits per heavy atom. The van der Waals surface area contributed by atoms with E-state index in [1.807, 2.05) is 59.6 Å². The van der Waals surface area contributed by atoms with Gasteiger partial charge in [-0.3, -0.25) is 9.59 Å². The maximum Gasteiger partial charge on any atom is 0.254 e. The van der Waals surface area contributed by atoms with Crippen molar-refractivity contribution in [3.05, 3.63) is 71.4 Å². The topological polar surface area (TPSA) is 80.9 Å². The first-order chi connectivity index (χ1) is 18.1. The van der Waals surface area contributed by atoms with Crippen LogP contribution in [0.4, 0.5) is 0 Å². The third-order valence-electron chi connectivity index (χ3n) is 7.74. The molecule has 1 saturated heterocycles. The first-order valence-corrected chi connectivity index (χ1v) is 13.2. The van der Waals surface area contributed by atoms with Crippen molar-refractivity contribution in [3.8, 4) is 0 Å². The predicted octanol–water partition coefficient (Wildman–Crippen LogP) is 2.85. The molecule has 0 spiro atoms. The number of para-hydroxylation sites is 1. The minimum absolute atomic E-state index is 0.0453. The van der Waals surface area contributed by atoms with Gasteiger partial charge in [-0.15, -0.1) is 0 Å². The van der Waals surface area contributed by atoms with Gasteiger partial charge < -0.3 is 29.7 Å². The third-order valence-corrected chi connectivity index (χ3v) is 7.74. The molecule has 37 heavy (non-hydrogen) atoms. The molecule has 0 bridgehead atoms. The van der Waals surface area contributed by atoms with Crippen molar-refractivity contribution in [2.75, 3.05) is 66.6 Å². The molecule has 5 rings (SSSR count). The fourth-order valence-corrected chi connectivity index (χ4v) is 5.69. The van der Waals surface area contributed by atoms with E-state index in [1.165, 1.54) is 0 Å². The van der Waals surface area contributed by atoms with Crippen LogP contribution in [0.3, 0.4) is 0 Å². The average molecular weight is 504 g/mol. The van der Waals surface area contributed by atoms with Gasteiger partial charge in [-0.2, -0.15) is 0 Å². The molecule has 196 valence electrons. The maximum absolute atomic E-state index is 13.9. The zero-order valence-electron chi connectivity index (χ0n) is 21.8. The Morgan fingerprint density at radius 1 is 1.03 bits per heavy atom. The molecule has 3 aromatic rings. The zero-order valence-corrected chi connectivity index (χ0v) is 21.8. The highest BCUT2D eigenvalue weighted by Crippen LogP contribution is 2.44. The number of methoxy groups -OCH3 is 1. The number of piperazine rings is 1. The summed E-state index contributed by atoms with van der Waals surface area (Å²) >= 11 is 0. The summed E-state index contributed by atoms with van der Waals surface area (Å²) in [5.41, 5.74) is 3.31. The summed E-state index contributed by atoms with van der Waals surface area (Å²) in [6.07, 6.45) is 2.85. The van der Waals surface area contributed by atoms with Crippen molar-refractivity contribution in [1.29, 1.82) is 0 Å². The van der Waals surface area contributed by atoms with Gasteiger partial charge in [0.25, 0.3) is 5.91 Å². The van der Waals surface area contributed by atoms with Gasteiger partial charge in [-0.1, -0.05) is 36.4 Å². The van der Waals surface area contributed by atoms with Gasteiger partial charge in [-0.05, 0) is 37.7 Å². The lowest BCUT2D eigenvalue weighted by Crippen LogP contribution is -2.48. The fraction of sp³-hybridized carbons (Fsp3) is 0.448. The van der Waals surface area contributed by atoms with Crippen molar-refractivity contribution in [3.63, 3.8) is 0 Å². The summed E-state index contributed by atoms with van der Waals surface area (Å²) in [6.45, 7) is 6.69. The molecule has 2 N–H and O–H groups in total. The molecular formula is C29H37N5O3. The highest BCUT2D eigenvalue weighted by Gasteiger charge is 2.44. The Morgan fingerprint density at radius 2 is 1.78 bits per heavy atom. The van der Waals surface area contributed by atoms with Crippen molar-refractivity contribution in [1.82, 2.24) is 25.0 Å². The van der Waals surface area contributed by atoms with Crippen LogP contribution in [0.2, 0.25) is 0 Å². The fourth-order valence-electron chi connectivity index (χ4n) is 5.69. The van der Waals surface area contributed by atoms with Gasteiger partial charge in [0.1, 0.15) is 0 Å². The molecule has 2 aliphatic rings. The summed E-state index contributed by atoms with van der Waals surface area (Å²) in [4.78, 5) is 37.6. The van der Waals surface area contributed by atoms with E-state index in [9.17, 15) is 9.59 Å². The van der Waals surface area contributed by atoms with Crippen LogP contribution in [0.1, 0.15) is 39.9 Å². The van der Waals surface area contributed by atoms with Crippen molar-refractivity contribution >= 4 is 22.7 Å². The van der Waals surface area contributed by atoms with Crippen molar-refractivity contribution in [2.45, 2.75) is 18.4 Å². The average Bonchev–Trinajstić information content (AvgIpc) is 3.35. The van der Waals surface area contributed by atoms with Gasteiger partial charge in [0.05, 0.1) is 18.6 Å². The summed E-state index contributed by atoms with van der Waals surface area (Å²) < 4.78 is 5.36. The number of benzene rings is 2. The first-order valence-electron chi connectivity index (χ1n) is 13.2. The second-order valence-electron chi connectivity index (χ2n) is 10.1. The number of aromatic amines is 1. The number of rotatable bonds is 9. The predicted molar refractivity (Wildman–Crippen MR) is 145 cm³/mol. The van der Waals surface area contributed by atoms with Crippen LogP contribution in [0, 0.1) is 0 Å². The first kappa shape index (κ1) is 25.4. The molecule has 8 nitrogen and oxygen atoms in total. The summed E-state index contributed by atoms with van der Waals surface area (Å²) in [5, 5.41) is 4.24. The highest BCUT2D eigenvalue weighted by molar-refractivity contribution is 6.02. The van der Waals surface area contributed by atoms with E-state index in [-0.39, 0.29) is 11.8 Å². The number of amides is 2. The van der Waals surface area contributed by atoms with E-state index in [1.54, 1.807) is 7.11 Å². The molecule has 1 aromatic heterocycles. The molecule has 1 fully saturated rings. The number of hydrogen-bond acceptors (Lipinski definition) is 5. The second-order valence-corrected chi connectivity index (χ2v) is 10.1. The number of hydrogen-bond donors (Lipinski definition) is 2. The van der Waals surface area contributed by atoms with Crippen LogP contribution in [0.15, 0.2) is 54.7 Å². The lowest BCUT2D eigenvalue weighted by atomic mass is 9.79. The van der Waals surface area contributed by atoms with Gasteiger partial charge in [-0.25, -0.2) is 0 Å². The van der Waals surface area contributed by atoms with Crippen LogP contribution in [0.25, 0.3) is 10.9 Å². The van der Waals surface area contributed by atoms with Crippen LogP contribution in [-0.4, -0.2) is 98.1 Å². The number of likely N-dealkylation sites (N-methyl/N-ethyl adjacent to an activating group) is 1. The third kappa shape index (κ3) is 5.28. The molecule has 2 atom stereocenters. The molecule has 2 aromatic carbocycles. The lowest BCUT2D eigenvalue weighted by molar-refractivity contribution is -0.124. The smallest absolute Gasteiger partial charge is 0.254 e. The summed E-state index contributed by atoms with van der Waals surface area (Å²) in [5.74, 6) is -0.633. The van der Waals surface area contributed by atoms with E-state index >= 15 is 0 Å². The Kier molecular flexibility index (Phi) is 7.88.